The smallest absolute Gasteiger partial charge is 0.326 e. The summed E-state index contributed by atoms with van der Waals surface area (Å²) in [6.07, 6.45) is 0. The predicted octanol–water partition coefficient (Wildman–Crippen LogP) is 0.751. The topological polar surface area (TPSA) is 102 Å². The molecule has 1 N–H and O–H groups in total. The molecule has 1 aromatic rings. The van der Waals surface area contributed by atoms with E-state index in [0.29, 0.717) is 5.75 Å². The van der Waals surface area contributed by atoms with E-state index in [0.717, 1.165) is 4.90 Å². The van der Waals surface area contributed by atoms with Crippen LogP contribution in [-0.4, -0.2) is 54.4 Å². The monoisotopic (exact) mass is 334 g/mol. The quantitative estimate of drug-likeness (QED) is 0.468. The van der Waals surface area contributed by atoms with Crippen molar-refractivity contribution in [3.05, 3.63) is 29.8 Å². The number of para-hydroxylation sites is 1. The molecular formula is C16H18N2O6. The van der Waals surface area contributed by atoms with Gasteiger partial charge in [-0.25, -0.2) is 4.79 Å². The molecule has 8 heteroatoms. The van der Waals surface area contributed by atoms with Gasteiger partial charge >= 0.3 is 12.0 Å². The third-order valence-electron chi connectivity index (χ3n) is 3.50. The van der Waals surface area contributed by atoms with Crippen LogP contribution in [0.2, 0.25) is 0 Å². The van der Waals surface area contributed by atoms with Gasteiger partial charge < -0.3 is 14.8 Å². The molecule has 1 heterocycles. The summed E-state index contributed by atoms with van der Waals surface area (Å²) in [7, 11) is 1.43. The number of hydrogen-bond acceptors (Lipinski definition) is 6. The number of rotatable bonds is 6. The van der Waals surface area contributed by atoms with E-state index < -0.39 is 42.4 Å². The van der Waals surface area contributed by atoms with Crippen LogP contribution in [0.15, 0.2) is 24.3 Å². The molecule has 0 aliphatic carbocycles. The summed E-state index contributed by atoms with van der Waals surface area (Å²) in [5.74, 6) is -1.45. The zero-order valence-electron chi connectivity index (χ0n) is 13.6. The Hall–Kier alpha value is -2.90. The number of carbonyl (C=O) groups excluding carboxylic acids is 4. The van der Waals surface area contributed by atoms with Crippen molar-refractivity contribution in [2.45, 2.75) is 19.4 Å². The number of hydrogen-bond donors (Lipinski definition) is 1. The fourth-order valence-electron chi connectivity index (χ4n) is 2.24. The highest BCUT2D eigenvalue weighted by Gasteiger charge is 2.45. The number of nitrogens with one attached hydrogen (secondary N) is 1. The van der Waals surface area contributed by atoms with E-state index in [1.165, 1.54) is 21.0 Å². The second-order valence-corrected chi connectivity index (χ2v) is 5.73. The van der Waals surface area contributed by atoms with Crippen LogP contribution in [0.3, 0.4) is 0 Å². The molecule has 1 aliphatic heterocycles. The normalized spacial score (nSPS) is 15.9. The molecule has 0 aromatic heterocycles. The maximum absolute atomic E-state index is 12.1. The largest absolute Gasteiger partial charge is 0.496 e. The third-order valence-corrected chi connectivity index (χ3v) is 3.50. The molecule has 1 aliphatic rings. The Morgan fingerprint density at radius 3 is 2.46 bits per heavy atom. The molecule has 1 fully saturated rings. The van der Waals surface area contributed by atoms with Crippen LogP contribution in [0.4, 0.5) is 4.79 Å². The summed E-state index contributed by atoms with van der Waals surface area (Å²) in [4.78, 5) is 48.3. The first-order valence-electron chi connectivity index (χ1n) is 7.22. The number of esters is 1. The van der Waals surface area contributed by atoms with Crippen molar-refractivity contribution in [1.29, 1.82) is 0 Å². The number of ketones is 1. The lowest BCUT2D eigenvalue weighted by molar-refractivity contribution is -0.146. The number of carbonyl (C=O) groups is 4. The standard InChI is InChI=1S/C16H18N2O6/c1-16(2)14(21)18(15(22)17-16)8-13(20)24-9-11(19)10-6-4-5-7-12(10)23-3/h4-7H,8-9H2,1-3H3,(H,17,22). The first-order chi connectivity index (χ1) is 11.3. The minimum Gasteiger partial charge on any atom is -0.496 e. The number of amides is 3. The van der Waals surface area contributed by atoms with Gasteiger partial charge in [-0.1, -0.05) is 12.1 Å². The number of Topliss-reactive ketones (excluding diaryl/α,β-unsaturated/α-hetero) is 1. The Kier molecular flexibility index (Phi) is 4.87. The molecule has 3 amide bonds. The van der Waals surface area contributed by atoms with E-state index in [9.17, 15) is 19.2 Å². The highest BCUT2D eigenvalue weighted by atomic mass is 16.5. The van der Waals surface area contributed by atoms with E-state index >= 15 is 0 Å². The maximum Gasteiger partial charge on any atom is 0.326 e. The van der Waals surface area contributed by atoms with Gasteiger partial charge in [-0.05, 0) is 26.0 Å². The molecule has 8 nitrogen and oxygen atoms in total. The number of nitrogens with zero attached hydrogens (tertiary/aromatic N) is 1. The molecular weight excluding hydrogens is 316 g/mol. The summed E-state index contributed by atoms with van der Waals surface area (Å²) < 4.78 is 9.93. The van der Waals surface area contributed by atoms with E-state index in [-0.39, 0.29) is 5.56 Å². The van der Waals surface area contributed by atoms with Gasteiger partial charge in [0.05, 0.1) is 12.7 Å². The number of urea groups is 1. The summed E-state index contributed by atoms with van der Waals surface area (Å²) in [5, 5.41) is 2.45. The molecule has 0 unspecified atom stereocenters. The molecule has 0 bridgehead atoms. The molecule has 24 heavy (non-hydrogen) atoms. The van der Waals surface area contributed by atoms with Crippen LogP contribution < -0.4 is 10.1 Å². The van der Waals surface area contributed by atoms with Gasteiger partial charge in [0.1, 0.15) is 17.8 Å². The van der Waals surface area contributed by atoms with E-state index in [4.69, 9.17) is 9.47 Å². The molecule has 0 radical (unpaired) electrons. The van der Waals surface area contributed by atoms with Crippen LogP contribution in [0.5, 0.6) is 5.75 Å². The Morgan fingerprint density at radius 2 is 1.88 bits per heavy atom. The van der Waals surface area contributed by atoms with Crippen molar-refractivity contribution >= 4 is 23.7 Å². The second-order valence-electron chi connectivity index (χ2n) is 5.73. The maximum atomic E-state index is 12.1. The Bertz CT molecular complexity index is 698. The minimum atomic E-state index is -1.06. The molecule has 0 atom stereocenters. The summed E-state index contributed by atoms with van der Waals surface area (Å²) in [6.45, 7) is 2.01. The van der Waals surface area contributed by atoms with Gasteiger partial charge in [-0.15, -0.1) is 0 Å². The van der Waals surface area contributed by atoms with Crippen molar-refractivity contribution in [1.82, 2.24) is 10.2 Å². The first kappa shape index (κ1) is 17.5. The zero-order valence-corrected chi connectivity index (χ0v) is 13.6. The number of imide groups is 1. The van der Waals surface area contributed by atoms with Crippen molar-refractivity contribution in [2.24, 2.45) is 0 Å². The van der Waals surface area contributed by atoms with Gasteiger partial charge in [0.25, 0.3) is 5.91 Å². The van der Waals surface area contributed by atoms with Gasteiger partial charge in [0.2, 0.25) is 5.78 Å². The lowest BCUT2D eigenvalue weighted by Crippen LogP contribution is -2.41. The van der Waals surface area contributed by atoms with Crippen LogP contribution in [0.1, 0.15) is 24.2 Å². The summed E-state index contributed by atoms with van der Waals surface area (Å²) in [5.41, 5.74) is -0.783. The fraction of sp³-hybridized carbons (Fsp3) is 0.375. The highest BCUT2D eigenvalue weighted by Crippen LogP contribution is 2.18. The van der Waals surface area contributed by atoms with Crippen molar-refractivity contribution < 1.29 is 28.7 Å². The minimum absolute atomic E-state index is 0.281. The number of methoxy groups -OCH3 is 1. The van der Waals surface area contributed by atoms with Crippen molar-refractivity contribution in [3.63, 3.8) is 0 Å². The zero-order chi connectivity index (χ0) is 17.9. The summed E-state index contributed by atoms with van der Waals surface area (Å²) in [6, 6.07) is 5.87. The van der Waals surface area contributed by atoms with Crippen molar-refractivity contribution in [2.75, 3.05) is 20.3 Å². The lowest BCUT2D eigenvalue weighted by atomic mass is 10.1. The predicted molar refractivity (Wildman–Crippen MR) is 82.6 cm³/mol. The average molecular weight is 334 g/mol. The number of benzene rings is 1. The van der Waals surface area contributed by atoms with E-state index in [1.807, 2.05) is 0 Å². The molecule has 0 spiro atoms. The lowest BCUT2D eigenvalue weighted by Gasteiger charge is -2.15. The van der Waals surface area contributed by atoms with Gasteiger partial charge in [-0.3, -0.25) is 19.3 Å². The van der Waals surface area contributed by atoms with Crippen molar-refractivity contribution in [3.8, 4) is 5.75 Å². The Labute approximate surface area is 138 Å². The van der Waals surface area contributed by atoms with E-state index in [1.54, 1.807) is 24.3 Å². The van der Waals surface area contributed by atoms with Gasteiger partial charge in [0, 0.05) is 0 Å². The fourth-order valence-corrected chi connectivity index (χ4v) is 2.24. The molecule has 1 aromatic carbocycles. The van der Waals surface area contributed by atoms with Crippen LogP contribution in [0.25, 0.3) is 0 Å². The van der Waals surface area contributed by atoms with Crippen LogP contribution in [-0.2, 0) is 14.3 Å². The van der Waals surface area contributed by atoms with Crippen LogP contribution in [0, 0.1) is 0 Å². The Morgan fingerprint density at radius 1 is 1.21 bits per heavy atom. The SMILES string of the molecule is COc1ccccc1C(=O)COC(=O)CN1C(=O)NC(C)(C)C1=O. The Balaban J connectivity index is 1.93. The highest BCUT2D eigenvalue weighted by molar-refractivity contribution is 6.08. The van der Waals surface area contributed by atoms with E-state index in [2.05, 4.69) is 5.32 Å². The van der Waals surface area contributed by atoms with Gasteiger partial charge in [-0.2, -0.15) is 0 Å². The molecule has 2 rings (SSSR count). The molecule has 128 valence electrons. The molecule has 0 saturated carbocycles. The third kappa shape index (κ3) is 3.53. The van der Waals surface area contributed by atoms with Crippen LogP contribution >= 0.6 is 0 Å². The molecule has 1 saturated heterocycles. The average Bonchev–Trinajstić information content (AvgIpc) is 2.74. The number of ether oxygens (including phenoxy) is 2. The summed E-state index contributed by atoms with van der Waals surface area (Å²) >= 11 is 0. The second kappa shape index (κ2) is 6.69. The first-order valence-corrected chi connectivity index (χ1v) is 7.22. The van der Waals surface area contributed by atoms with Gasteiger partial charge in [0.15, 0.2) is 6.61 Å².